The van der Waals surface area contributed by atoms with Crippen LogP contribution >= 0.6 is 0 Å². The van der Waals surface area contributed by atoms with Crippen molar-refractivity contribution in [2.75, 3.05) is 26.4 Å². The molecular weight excluding hydrogens is 194 g/mol. The van der Waals surface area contributed by atoms with Gasteiger partial charge in [-0.1, -0.05) is 13.8 Å². The third-order valence-electron chi connectivity index (χ3n) is 2.75. The molecule has 1 aliphatic rings. The predicted molar refractivity (Wildman–Crippen MR) is 58.2 cm³/mol. The van der Waals surface area contributed by atoms with Crippen LogP contribution in [0.3, 0.4) is 0 Å². The van der Waals surface area contributed by atoms with Gasteiger partial charge in [0.2, 0.25) is 0 Å². The van der Waals surface area contributed by atoms with Crippen LogP contribution in [0.1, 0.15) is 34.1 Å². The van der Waals surface area contributed by atoms with E-state index in [9.17, 15) is 0 Å². The number of ether oxygens (including phenoxy) is 1. The van der Waals surface area contributed by atoms with Crippen LogP contribution in [0.4, 0.5) is 0 Å². The lowest BCUT2D eigenvalue weighted by Crippen LogP contribution is -2.41. The van der Waals surface area contributed by atoms with Gasteiger partial charge in [-0.05, 0) is 25.7 Å². The van der Waals surface area contributed by atoms with Crippen LogP contribution < -0.4 is 0 Å². The Morgan fingerprint density at radius 2 is 2.13 bits per heavy atom. The summed E-state index contributed by atoms with van der Waals surface area (Å²) in [6.45, 7) is 10.5. The first-order chi connectivity index (χ1) is 6.87. The fourth-order valence-corrected chi connectivity index (χ4v) is 1.57. The number of aliphatic hydroxyl groups excluding tert-OH is 1. The average Bonchev–Trinajstić information content (AvgIpc) is 2.41. The lowest BCUT2D eigenvalue weighted by molar-refractivity contribution is -0.256. The van der Waals surface area contributed by atoms with Gasteiger partial charge in [-0.25, -0.2) is 0 Å². The maximum absolute atomic E-state index is 8.90. The molecule has 1 rings (SSSR count). The van der Waals surface area contributed by atoms with Gasteiger partial charge in [0.25, 0.3) is 0 Å². The molecule has 0 aliphatic carbocycles. The summed E-state index contributed by atoms with van der Waals surface area (Å²) in [5.74, 6) is 0. The minimum atomic E-state index is -0.324. The second-order valence-electron chi connectivity index (χ2n) is 5.31. The summed E-state index contributed by atoms with van der Waals surface area (Å²) < 4.78 is 5.53. The number of hydrogen-bond acceptors (Lipinski definition) is 4. The molecule has 0 atom stereocenters. The van der Waals surface area contributed by atoms with Crippen LogP contribution in [0.15, 0.2) is 0 Å². The molecule has 0 spiro atoms. The van der Waals surface area contributed by atoms with Gasteiger partial charge in [0.15, 0.2) is 0 Å². The van der Waals surface area contributed by atoms with Gasteiger partial charge < -0.3 is 9.84 Å². The molecule has 0 saturated carbocycles. The topological polar surface area (TPSA) is 41.9 Å². The van der Waals surface area contributed by atoms with Crippen molar-refractivity contribution < 1.29 is 14.7 Å². The van der Waals surface area contributed by atoms with E-state index in [1.807, 2.05) is 18.9 Å². The zero-order chi connectivity index (χ0) is 11.5. The SMILES string of the molecule is CC(C)(CCO)CON1CCOC1(C)C. The van der Waals surface area contributed by atoms with E-state index in [1.54, 1.807) is 0 Å². The molecule has 1 aliphatic heterocycles. The van der Waals surface area contributed by atoms with Crippen molar-refractivity contribution in [2.24, 2.45) is 5.41 Å². The maximum atomic E-state index is 8.90. The summed E-state index contributed by atoms with van der Waals surface area (Å²) >= 11 is 0. The van der Waals surface area contributed by atoms with Gasteiger partial charge in [-0.15, -0.1) is 0 Å². The summed E-state index contributed by atoms with van der Waals surface area (Å²) in [7, 11) is 0. The second kappa shape index (κ2) is 4.78. The number of aliphatic hydroxyl groups is 1. The van der Waals surface area contributed by atoms with Gasteiger partial charge in [0.1, 0.15) is 5.72 Å². The molecule has 1 fully saturated rings. The maximum Gasteiger partial charge on any atom is 0.138 e. The number of hydroxylamine groups is 2. The van der Waals surface area contributed by atoms with E-state index in [0.29, 0.717) is 13.2 Å². The van der Waals surface area contributed by atoms with E-state index in [0.717, 1.165) is 13.0 Å². The molecule has 0 aromatic heterocycles. The molecule has 1 N–H and O–H groups in total. The van der Waals surface area contributed by atoms with Crippen LogP contribution in [0, 0.1) is 5.41 Å². The number of nitrogens with zero attached hydrogens (tertiary/aromatic N) is 1. The van der Waals surface area contributed by atoms with E-state index in [2.05, 4.69) is 13.8 Å². The van der Waals surface area contributed by atoms with E-state index in [1.165, 1.54) is 0 Å². The summed E-state index contributed by atoms with van der Waals surface area (Å²) in [6, 6.07) is 0. The Hall–Kier alpha value is -0.160. The van der Waals surface area contributed by atoms with Crippen molar-refractivity contribution in [2.45, 2.75) is 39.8 Å². The minimum absolute atomic E-state index is 0.00736. The van der Waals surface area contributed by atoms with Gasteiger partial charge in [-0.2, -0.15) is 5.06 Å². The third-order valence-corrected chi connectivity index (χ3v) is 2.75. The zero-order valence-corrected chi connectivity index (χ0v) is 10.2. The summed E-state index contributed by atoms with van der Waals surface area (Å²) in [4.78, 5) is 5.73. The molecule has 90 valence electrons. The highest BCUT2D eigenvalue weighted by atomic mass is 16.7. The number of hydrogen-bond donors (Lipinski definition) is 1. The average molecular weight is 217 g/mol. The van der Waals surface area contributed by atoms with Crippen LogP contribution in [0.5, 0.6) is 0 Å². The minimum Gasteiger partial charge on any atom is -0.396 e. The largest absolute Gasteiger partial charge is 0.396 e. The van der Waals surface area contributed by atoms with Crippen molar-refractivity contribution in [1.29, 1.82) is 0 Å². The molecule has 4 nitrogen and oxygen atoms in total. The Balaban J connectivity index is 2.36. The molecule has 0 amide bonds. The molecule has 0 bridgehead atoms. The van der Waals surface area contributed by atoms with Crippen molar-refractivity contribution in [3.63, 3.8) is 0 Å². The monoisotopic (exact) mass is 217 g/mol. The zero-order valence-electron chi connectivity index (χ0n) is 10.2. The molecule has 0 unspecified atom stereocenters. The molecule has 1 saturated heterocycles. The second-order valence-corrected chi connectivity index (χ2v) is 5.31. The fourth-order valence-electron chi connectivity index (χ4n) is 1.57. The predicted octanol–water partition coefficient (Wildman–Crippen LogP) is 1.39. The molecule has 1 heterocycles. The third kappa shape index (κ3) is 3.72. The van der Waals surface area contributed by atoms with Crippen molar-refractivity contribution >= 4 is 0 Å². The molecule has 0 aromatic carbocycles. The van der Waals surface area contributed by atoms with Gasteiger partial charge >= 0.3 is 0 Å². The lowest BCUT2D eigenvalue weighted by Gasteiger charge is -2.32. The van der Waals surface area contributed by atoms with Gasteiger partial charge in [0, 0.05) is 6.61 Å². The standard InChI is InChI=1S/C11H23NO3/c1-10(2,5-7-13)9-15-12-6-8-14-11(12,3)4/h13H,5-9H2,1-4H3. The smallest absolute Gasteiger partial charge is 0.138 e. The van der Waals surface area contributed by atoms with Crippen LogP contribution in [-0.2, 0) is 9.57 Å². The van der Waals surface area contributed by atoms with E-state index in [-0.39, 0.29) is 17.7 Å². The van der Waals surface area contributed by atoms with Gasteiger partial charge in [-0.3, -0.25) is 4.84 Å². The highest BCUT2D eigenvalue weighted by molar-refractivity contribution is 4.73. The normalized spacial score (nSPS) is 22.2. The lowest BCUT2D eigenvalue weighted by atomic mass is 9.91. The fraction of sp³-hybridized carbons (Fsp3) is 1.00. The van der Waals surface area contributed by atoms with Gasteiger partial charge in [0.05, 0.1) is 19.8 Å². The van der Waals surface area contributed by atoms with Crippen LogP contribution in [-0.4, -0.2) is 42.3 Å². The first kappa shape index (κ1) is 12.9. The Kier molecular flexibility index (Phi) is 4.12. The van der Waals surface area contributed by atoms with E-state index < -0.39 is 0 Å². The van der Waals surface area contributed by atoms with Crippen LogP contribution in [0.2, 0.25) is 0 Å². The Morgan fingerprint density at radius 1 is 1.47 bits per heavy atom. The van der Waals surface area contributed by atoms with Crippen molar-refractivity contribution in [3.8, 4) is 0 Å². The summed E-state index contributed by atoms with van der Waals surface area (Å²) in [6.07, 6.45) is 0.752. The Morgan fingerprint density at radius 3 is 2.60 bits per heavy atom. The van der Waals surface area contributed by atoms with Crippen molar-refractivity contribution in [1.82, 2.24) is 5.06 Å². The molecule has 15 heavy (non-hydrogen) atoms. The highest BCUT2D eigenvalue weighted by Gasteiger charge is 2.35. The van der Waals surface area contributed by atoms with E-state index >= 15 is 0 Å². The Bertz CT molecular complexity index is 204. The van der Waals surface area contributed by atoms with E-state index in [4.69, 9.17) is 14.7 Å². The molecule has 0 radical (unpaired) electrons. The Labute approximate surface area is 92.1 Å². The first-order valence-corrected chi connectivity index (χ1v) is 5.53. The quantitative estimate of drug-likeness (QED) is 0.755. The highest BCUT2D eigenvalue weighted by Crippen LogP contribution is 2.26. The summed E-state index contributed by atoms with van der Waals surface area (Å²) in [5.41, 5.74) is -0.317. The van der Waals surface area contributed by atoms with Crippen molar-refractivity contribution in [3.05, 3.63) is 0 Å². The molecular formula is C11H23NO3. The summed E-state index contributed by atoms with van der Waals surface area (Å²) in [5, 5.41) is 10.8. The van der Waals surface area contributed by atoms with Crippen LogP contribution in [0.25, 0.3) is 0 Å². The molecule has 0 aromatic rings. The number of rotatable bonds is 5. The molecule has 4 heteroatoms. The first-order valence-electron chi connectivity index (χ1n) is 5.53.